The number of amides is 2. The second kappa shape index (κ2) is 7.86. The van der Waals surface area contributed by atoms with Gasteiger partial charge in [0, 0.05) is 5.69 Å². The largest absolute Gasteiger partial charge is 0.491 e. The van der Waals surface area contributed by atoms with Gasteiger partial charge in [0.05, 0.1) is 6.04 Å². The number of carbonyl (C=O) groups excluding carboxylic acids is 1. The molecule has 0 aliphatic heterocycles. The predicted octanol–water partition coefficient (Wildman–Crippen LogP) is 4.51. The van der Waals surface area contributed by atoms with Crippen molar-refractivity contribution in [2.75, 3.05) is 11.9 Å². The number of aryl methyl sites for hydroxylation is 4. The Bertz CT molecular complexity index is 685. The van der Waals surface area contributed by atoms with Gasteiger partial charge in [-0.1, -0.05) is 24.3 Å². The van der Waals surface area contributed by atoms with Crippen LogP contribution in [0.25, 0.3) is 0 Å². The van der Waals surface area contributed by atoms with Gasteiger partial charge in [0.15, 0.2) is 0 Å². The predicted molar refractivity (Wildman–Crippen MR) is 98.9 cm³/mol. The number of hydrogen-bond acceptors (Lipinski definition) is 2. The zero-order chi connectivity index (χ0) is 17.7. The van der Waals surface area contributed by atoms with E-state index in [1.165, 1.54) is 0 Å². The Kier molecular flexibility index (Phi) is 5.85. The molecule has 0 aliphatic rings. The summed E-state index contributed by atoms with van der Waals surface area (Å²) in [6.45, 7) is 10.4. The van der Waals surface area contributed by atoms with Crippen LogP contribution in [0, 0.1) is 27.7 Å². The van der Waals surface area contributed by atoms with Crippen LogP contribution in [0.3, 0.4) is 0 Å². The van der Waals surface area contributed by atoms with E-state index in [0.717, 1.165) is 33.7 Å². The molecule has 0 spiro atoms. The number of para-hydroxylation sites is 1. The van der Waals surface area contributed by atoms with Gasteiger partial charge < -0.3 is 15.4 Å². The summed E-state index contributed by atoms with van der Waals surface area (Å²) < 4.78 is 5.88. The van der Waals surface area contributed by atoms with E-state index in [1.54, 1.807) is 0 Å². The van der Waals surface area contributed by atoms with E-state index in [1.807, 2.05) is 65.0 Å². The third-order valence-corrected chi connectivity index (χ3v) is 3.74. The van der Waals surface area contributed by atoms with Crippen LogP contribution in [0.5, 0.6) is 5.75 Å². The molecule has 0 fully saturated rings. The normalized spacial score (nSPS) is 11.7. The molecule has 0 bridgehead atoms. The van der Waals surface area contributed by atoms with Crippen LogP contribution in [0.2, 0.25) is 0 Å². The Balaban J connectivity index is 1.87. The SMILES string of the molecule is Cc1cc(C)cc(NC(=O)NC(C)COc2c(C)cccc2C)c1. The fourth-order valence-electron chi connectivity index (χ4n) is 2.71. The monoisotopic (exact) mass is 326 g/mol. The molecule has 2 amide bonds. The molecule has 2 aromatic carbocycles. The first kappa shape index (κ1) is 17.9. The van der Waals surface area contributed by atoms with Crippen molar-refractivity contribution < 1.29 is 9.53 Å². The van der Waals surface area contributed by atoms with E-state index >= 15 is 0 Å². The molecular formula is C20H26N2O2. The molecule has 4 heteroatoms. The number of hydrogen-bond donors (Lipinski definition) is 2. The molecule has 0 radical (unpaired) electrons. The summed E-state index contributed by atoms with van der Waals surface area (Å²) in [5.74, 6) is 0.890. The van der Waals surface area contributed by atoms with E-state index < -0.39 is 0 Å². The van der Waals surface area contributed by atoms with Crippen LogP contribution in [-0.2, 0) is 0 Å². The molecule has 2 N–H and O–H groups in total. The molecule has 24 heavy (non-hydrogen) atoms. The van der Waals surface area contributed by atoms with Gasteiger partial charge in [0.2, 0.25) is 0 Å². The van der Waals surface area contributed by atoms with Crippen LogP contribution >= 0.6 is 0 Å². The van der Waals surface area contributed by atoms with Gasteiger partial charge in [-0.3, -0.25) is 0 Å². The van der Waals surface area contributed by atoms with Gasteiger partial charge in [0.25, 0.3) is 0 Å². The van der Waals surface area contributed by atoms with Gasteiger partial charge in [-0.15, -0.1) is 0 Å². The number of urea groups is 1. The van der Waals surface area contributed by atoms with Gasteiger partial charge in [0.1, 0.15) is 12.4 Å². The molecule has 128 valence electrons. The summed E-state index contributed by atoms with van der Waals surface area (Å²) in [6, 6.07) is 11.7. The maximum Gasteiger partial charge on any atom is 0.319 e. The van der Waals surface area contributed by atoms with Crippen molar-refractivity contribution in [3.8, 4) is 5.75 Å². The van der Waals surface area contributed by atoms with E-state index in [9.17, 15) is 4.79 Å². The fourth-order valence-corrected chi connectivity index (χ4v) is 2.71. The minimum atomic E-state index is -0.224. The van der Waals surface area contributed by atoms with Crippen LogP contribution < -0.4 is 15.4 Å². The maximum atomic E-state index is 12.1. The molecule has 0 heterocycles. The zero-order valence-electron chi connectivity index (χ0n) is 15.1. The molecule has 1 atom stereocenters. The lowest BCUT2D eigenvalue weighted by atomic mass is 10.1. The van der Waals surface area contributed by atoms with Gasteiger partial charge in [-0.2, -0.15) is 0 Å². The highest BCUT2D eigenvalue weighted by atomic mass is 16.5. The van der Waals surface area contributed by atoms with E-state index in [-0.39, 0.29) is 12.1 Å². The summed E-state index contributed by atoms with van der Waals surface area (Å²) in [5.41, 5.74) is 5.24. The Morgan fingerprint density at radius 2 is 1.62 bits per heavy atom. The first-order chi connectivity index (χ1) is 11.3. The lowest BCUT2D eigenvalue weighted by molar-refractivity contribution is 0.236. The molecule has 0 saturated carbocycles. The quantitative estimate of drug-likeness (QED) is 0.849. The number of ether oxygens (including phenoxy) is 1. The summed E-state index contributed by atoms with van der Waals surface area (Å²) in [6.07, 6.45) is 0. The number of rotatable bonds is 5. The average Bonchev–Trinajstić information content (AvgIpc) is 2.45. The van der Waals surface area contributed by atoms with Gasteiger partial charge >= 0.3 is 6.03 Å². The first-order valence-corrected chi connectivity index (χ1v) is 8.20. The minimum absolute atomic E-state index is 0.102. The number of carbonyl (C=O) groups is 1. The molecule has 0 aliphatic carbocycles. The summed E-state index contributed by atoms with van der Waals surface area (Å²) >= 11 is 0. The second-order valence-electron chi connectivity index (χ2n) is 6.41. The van der Waals surface area contributed by atoms with E-state index in [2.05, 4.69) is 16.7 Å². The van der Waals surface area contributed by atoms with Gasteiger partial charge in [-0.05, 0) is 69.0 Å². The lowest BCUT2D eigenvalue weighted by Crippen LogP contribution is -2.39. The summed E-state index contributed by atoms with van der Waals surface area (Å²) in [4.78, 5) is 12.1. The van der Waals surface area contributed by atoms with Crippen LogP contribution in [-0.4, -0.2) is 18.7 Å². The summed E-state index contributed by atoms with van der Waals surface area (Å²) in [7, 11) is 0. The molecule has 2 aromatic rings. The van der Waals surface area contributed by atoms with Crippen molar-refractivity contribution in [3.05, 3.63) is 58.7 Å². The fraction of sp³-hybridized carbons (Fsp3) is 0.350. The maximum absolute atomic E-state index is 12.1. The van der Waals surface area contributed by atoms with Crippen LogP contribution in [0.4, 0.5) is 10.5 Å². The first-order valence-electron chi connectivity index (χ1n) is 8.20. The standard InChI is InChI=1S/C20H26N2O2/c1-13-9-14(2)11-18(10-13)22-20(23)21-17(5)12-24-19-15(3)7-6-8-16(19)4/h6-11,17H,12H2,1-5H3,(H2,21,22,23). The topological polar surface area (TPSA) is 50.4 Å². The van der Waals surface area contributed by atoms with Crippen molar-refractivity contribution in [1.82, 2.24) is 5.32 Å². The van der Waals surface area contributed by atoms with Crippen molar-refractivity contribution in [2.45, 2.75) is 40.7 Å². The Morgan fingerprint density at radius 1 is 1.04 bits per heavy atom. The van der Waals surface area contributed by atoms with Crippen molar-refractivity contribution in [1.29, 1.82) is 0 Å². The van der Waals surface area contributed by atoms with Crippen LogP contribution in [0.1, 0.15) is 29.2 Å². The van der Waals surface area contributed by atoms with Crippen molar-refractivity contribution >= 4 is 11.7 Å². The molecule has 4 nitrogen and oxygen atoms in total. The third-order valence-electron chi connectivity index (χ3n) is 3.74. The highest BCUT2D eigenvalue weighted by Gasteiger charge is 2.10. The van der Waals surface area contributed by atoms with E-state index in [4.69, 9.17) is 4.74 Å². The van der Waals surface area contributed by atoms with Crippen molar-refractivity contribution in [2.24, 2.45) is 0 Å². The number of anilines is 1. The second-order valence-corrected chi connectivity index (χ2v) is 6.41. The van der Waals surface area contributed by atoms with Crippen LogP contribution in [0.15, 0.2) is 36.4 Å². The highest BCUT2D eigenvalue weighted by Crippen LogP contribution is 2.22. The number of benzene rings is 2. The highest BCUT2D eigenvalue weighted by molar-refractivity contribution is 5.89. The zero-order valence-corrected chi connectivity index (χ0v) is 15.1. The Morgan fingerprint density at radius 3 is 2.21 bits per heavy atom. The molecule has 0 aromatic heterocycles. The molecule has 1 unspecified atom stereocenters. The minimum Gasteiger partial charge on any atom is -0.491 e. The summed E-state index contributed by atoms with van der Waals surface area (Å²) in [5, 5.41) is 5.77. The molecule has 2 rings (SSSR count). The molecule has 0 saturated heterocycles. The Hall–Kier alpha value is -2.49. The van der Waals surface area contributed by atoms with Gasteiger partial charge in [-0.25, -0.2) is 4.79 Å². The average molecular weight is 326 g/mol. The van der Waals surface area contributed by atoms with Crippen molar-refractivity contribution in [3.63, 3.8) is 0 Å². The lowest BCUT2D eigenvalue weighted by Gasteiger charge is -2.18. The van der Waals surface area contributed by atoms with E-state index in [0.29, 0.717) is 6.61 Å². The smallest absolute Gasteiger partial charge is 0.319 e. The Labute approximate surface area is 144 Å². The molecular weight excluding hydrogens is 300 g/mol. The number of nitrogens with one attached hydrogen (secondary N) is 2. The third kappa shape index (κ3) is 5.01.